The summed E-state index contributed by atoms with van der Waals surface area (Å²) in [6, 6.07) is 16.0. The third-order valence-electron chi connectivity index (χ3n) is 3.38. The topological polar surface area (TPSA) is 72.0 Å². The van der Waals surface area contributed by atoms with Crippen molar-refractivity contribution in [2.75, 3.05) is 0 Å². The van der Waals surface area contributed by atoms with Crippen LogP contribution in [-0.2, 0) is 4.74 Å². The highest BCUT2D eigenvalue weighted by molar-refractivity contribution is 6.30. The van der Waals surface area contributed by atoms with Crippen LogP contribution in [0.5, 0.6) is 0 Å². The largest absolute Gasteiger partial charge is 0.447 e. The van der Waals surface area contributed by atoms with Crippen molar-refractivity contribution < 1.29 is 9.53 Å². The number of carbonyl (C=O) groups excluding carboxylic acids is 1. The third-order valence-corrected chi connectivity index (χ3v) is 3.66. The molecular formula is C18H13ClN2O3. The number of benzene rings is 1. The summed E-state index contributed by atoms with van der Waals surface area (Å²) >= 11 is 5.76. The number of nitrogens with zero attached hydrogens (tertiary/aromatic N) is 1. The zero-order valence-corrected chi connectivity index (χ0v) is 13.2. The second kappa shape index (κ2) is 7.10. The molecule has 1 N–H and O–H groups in total. The van der Waals surface area contributed by atoms with Gasteiger partial charge in [-0.2, -0.15) is 0 Å². The van der Waals surface area contributed by atoms with Crippen LogP contribution in [0.1, 0.15) is 27.7 Å². The van der Waals surface area contributed by atoms with Gasteiger partial charge in [-0.15, -0.1) is 0 Å². The molecule has 0 saturated carbocycles. The standard InChI is InChI=1S/C18H13ClN2O3/c19-14-10-13(11-21-17(14)22)18(23)24-16(12-6-2-1-3-7-12)15-8-4-5-9-20-15/h1-11,16H,(H,21,22)/t16-/m0/s1. The van der Waals surface area contributed by atoms with E-state index in [1.165, 1.54) is 12.3 Å². The van der Waals surface area contributed by atoms with Crippen LogP contribution in [-0.4, -0.2) is 15.9 Å². The number of nitrogens with one attached hydrogen (secondary N) is 1. The highest BCUT2D eigenvalue weighted by atomic mass is 35.5. The SMILES string of the molecule is O=C(O[C@@H](c1ccccc1)c1ccccn1)c1c[nH]c(=O)c(Cl)c1. The molecule has 2 aromatic heterocycles. The molecule has 0 bridgehead atoms. The lowest BCUT2D eigenvalue weighted by Crippen LogP contribution is -2.16. The van der Waals surface area contributed by atoms with E-state index in [4.69, 9.17) is 16.3 Å². The number of carbonyl (C=O) groups is 1. The van der Waals surface area contributed by atoms with Crippen molar-refractivity contribution in [2.24, 2.45) is 0 Å². The highest BCUT2D eigenvalue weighted by Gasteiger charge is 2.21. The van der Waals surface area contributed by atoms with Crippen LogP contribution >= 0.6 is 11.6 Å². The molecule has 1 aromatic carbocycles. The number of hydrogen-bond donors (Lipinski definition) is 1. The lowest BCUT2D eigenvalue weighted by Gasteiger charge is -2.18. The van der Waals surface area contributed by atoms with Gasteiger partial charge in [-0.1, -0.05) is 48.0 Å². The molecule has 0 aliphatic carbocycles. The first-order valence-corrected chi connectivity index (χ1v) is 7.58. The lowest BCUT2D eigenvalue weighted by atomic mass is 10.1. The van der Waals surface area contributed by atoms with Crippen molar-refractivity contribution in [2.45, 2.75) is 6.10 Å². The lowest BCUT2D eigenvalue weighted by molar-refractivity contribution is 0.0370. The number of rotatable bonds is 4. The minimum absolute atomic E-state index is 0.0708. The van der Waals surface area contributed by atoms with Gasteiger partial charge < -0.3 is 9.72 Å². The Morgan fingerprint density at radius 2 is 1.88 bits per heavy atom. The fraction of sp³-hybridized carbons (Fsp3) is 0.0556. The Labute approximate surface area is 142 Å². The summed E-state index contributed by atoms with van der Waals surface area (Å²) in [7, 11) is 0. The van der Waals surface area contributed by atoms with E-state index in [1.807, 2.05) is 36.4 Å². The van der Waals surface area contributed by atoms with Crippen molar-refractivity contribution in [3.63, 3.8) is 0 Å². The molecule has 1 atom stereocenters. The van der Waals surface area contributed by atoms with E-state index in [-0.39, 0.29) is 10.6 Å². The van der Waals surface area contributed by atoms with Gasteiger partial charge in [0.15, 0.2) is 6.10 Å². The minimum atomic E-state index is -0.661. The Kier molecular flexibility index (Phi) is 4.72. The second-order valence-corrected chi connectivity index (χ2v) is 5.42. The molecule has 120 valence electrons. The van der Waals surface area contributed by atoms with E-state index in [0.717, 1.165) is 5.56 Å². The fourth-order valence-electron chi connectivity index (χ4n) is 2.21. The Morgan fingerprint density at radius 3 is 2.54 bits per heavy atom. The van der Waals surface area contributed by atoms with Gasteiger partial charge in [-0.05, 0) is 23.8 Å². The summed E-state index contributed by atoms with van der Waals surface area (Å²) in [5, 5.41) is -0.0708. The normalized spacial score (nSPS) is 11.7. The number of H-pyrrole nitrogens is 1. The van der Waals surface area contributed by atoms with E-state index in [2.05, 4.69) is 9.97 Å². The first kappa shape index (κ1) is 16.0. The average Bonchev–Trinajstić information content (AvgIpc) is 2.63. The zero-order chi connectivity index (χ0) is 16.9. The third kappa shape index (κ3) is 3.52. The summed E-state index contributed by atoms with van der Waals surface area (Å²) < 4.78 is 5.62. The number of aromatic nitrogens is 2. The maximum atomic E-state index is 12.4. The maximum absolute atomic E-state index is 12.4. The zero-order valence-electron chi connectivity index (χ0n) is 12.5. The quantitative estimate of drug-likeness (QED) is 0.739. The maximum Gasteiger partial charge on any atom is 0.340 e. The van der Waals surface area contributed by atoms with E-state index in [1.54, 1.807) is 18.3 Å². The molecule has 24 heavy (non-hydrogen) atoms. The number of pyridine rings is 2. The summed E-state index contributed by atoms with van der Waals surface area (Å²) in [6.07, 6.45) is 2.25. The van der Waals surface area contributed by atoms with Crippen LogP contribution in [0.2, 0.25) is 5.02 Å². The van der Waals surface area contributed by atoms with Gasteiger partial charge in [-0.25, -0.2) is 4.79 Å². The van der Waals surface area contributed by atoms with E-state index < -0.39 is 17.6 Å². The van der Waals surface area contributed by atoms with Crippen LogP contribution in [0.25, 0.3) is 0 Å². The van der Waals surface area contributed by atoms with Gasteiger partial charge in [0.05, 0.1) is 11.3 Å². The summed E-state index contributed by atoms with van der Waals surface area (Å²) in [5.74, 6) is -0.604. The number of aromatic amines is 1. The number of hydrogen-bond acceptors (Lipinski definition) is 4. The van der Waals surface area contributed by atoms with Gasteiger partial charge in [0.25, 0.3) is 5.56 Å². The molecule has 0 fully saturated rings. The first-order valence-electron chi connectivity index (χ1n) is 7.20. The van der Waals surface area contributed by atoms with Gasteiger partial charge in [0.1, 0.15) is 5.02 Å². The Hall–Kier alpha value is -2.92. The Bertz CT molecular complexity index is 855. The molecular weight excluding hydrogens is 328 g/mol. The van der Waals surface area contributed by atoms with Crippen LogP contribution in [0, 0.1) is 0 Å². The van der Waals surface area contributed by atoms with Gasteiger partial charge in [0.2, 0.25) is 0 Å². The predicted octanol–water partition coefficient (Wildman–Crippen LogP) is 3.37. The van der Waals surface area contributed by atoms with Crippen molar-refractivity contribution >= 4 is 17.6 Å². The van der Waals surface area contributed by atoms with Crippen LogP contribution < -0.4 is 5.56 Å². The molecule has 0 saturated heterocycles. The predicted molar refractivity (Wildman–Crippen MR) is 90.0 cm³/mol. The number of esters is 1. The highest BCUT2D eigenvalue weighted by Crippen LogP contribution is 2.25. The molecule has 0 radical (unpaired) electrons. The van der Waals surface area contributed by atoms with Crippen molar-refractivity contribution in [3.8, 4) is 0 Å². The molecule has 0 spiro atoms. The van der Waals surface area contributed by atoms with Crippen molar-refractivity contribution in [3.05, 3.63) is 99.2 Å². The van der Waals surface area contributed by atoms with Crippen LogP contribution in [0.15, 0.2) is 71.8 Å². The second-order valence-electron chi connectivity index (χ2n) is 5.02. The van der Waals surface area contributed by atoms with E-state index in [9.17, 15) is 9.59 Å². The van der Waals surface area contributed by atoms with Gasteiger partial charge in [0, 0.05) is 12.4 Å². The number of halogens is 1. The van der Waals surface area contributed by atoms with Gasteiger partial charge in [-0.3, -0.25) is 9.78 Å². The smallest absolute Gasteiger partial charge is 0.340 e. The molecule has 0 amide bonds. The molecule has 0 unspecified atom stereocenters. The summed E-state index contributed by atoms with van der Waals surface area (Å²) in [4.78, 5) is 30.4. The molecule has 3 aromatic rings. The van der Waals surface area contributed by atoms with Crippen molar-refractivity contribution in [1.29, 1.82) is 0 Å². The molecule has 2 heterocycles. The van der Waals surface area contributed by atoms with Crippen molar-refractivity contribution in [1.82, 2.24) is 9.97 Å². The molecule has 5 nitrogen and oxygen atoms in total. The van der Waals surface area contributed by atoms with Crippen LogP contribution in [0.4, 0.5) is 0 Å². The monoisotopic (exact) mass is 340 g/mol. The van der Waals surface area contributed by atoms with E-state index in [0.29, 0.717) is 5.69 Å². The van der Waals surface area contributed by atoms with Crippen LogP contribution in [0.3, 0.4) is 0 Å². The molecule has 6 heteroatoms. The number of ether oxygens (including phenoxy) is 1. The Balaban J connectivity index is 1.93. The molecule has 0 aliphatic heterocycles. The average molecular weight is 341 g/mol. The van der Waals surface area contributed by atoms with Gasteiger partial charge >= 0.3 is 5.97 Å². The summed E-state index contributed by atoms with van der Waals surface area (Å²) in [6.45, 7) is 0. The van der Waals surface area contributed by atoms with E-state index >= 15 is 0 Å². The summed E-state index contributed by atoms with van der Waals surface area (Å²) in [5.41, 5.74) is 1.10. The first-order chi connectivity index (χ1) is 11.6. The fourth-order valence-corrected chi connectivity index (χ4v) is 2.38. The molecule has 0 aliphatic rings. The Morgan fingerprint density at radius 1 is 1.12 bits per heavy atom. The minimum Gasteiger partial charge on any atom is -0.447 e. The molecule has 3 rings (SSSR count).